The SMILES string of the molecule is COc1ccc(OC)c(S(=O)(=O)NCC(c2cccnc2)S(=O)(=O)c2cccs2)c1. The molecule has 0 aliphatic rings. The fourth-order valence-corrected chi connectivity index (χ4v) is 6.98. The minimum absolute atomic E-state index is 0.113. The molecule has 1 atom stereocenters. The van der Waals surface area contributed by atoms with E-state index in [1.54, 1.807) is 29.6 Å². The van der Waals surface area contributed by atoms with Crippen LogP contribution in [0.15, 0.2) is 69.3 Å². The van der Waals surface area contributed by atoms with Crippen LogP contribution in [0.2, 0.25) is 0 Å². The highest BCUT2D eigenvalue weighted by Crippen LogP contribution is 2.32. The van der Waals surface area contributed by atoms with Crippen LogP contribution in [0.25, 0.3) is 0 Å². The molecule has 0 aliphatic carbocycles. The molecule has 0 aliphatic heterocycles. The summed E-state index contributed by atoms with van der Waals surface area (Å²) in [5.41, 5.74) is 0.381. The van der Waals surface area contributed by atoms with E-state index < -0.39 is 25.1 Å². The summed E-state index contributed by atoms with van der Waals surface area (Å²) in [5, 5.41) is 0.495. The molecule has 30 heavy (non-hydrogen) atoms. The van der Waals surface area contributed by atoms with Crippen molar-refractivity contribution in [2.24, 2.45) is 0 Å². The number of sulfonamides is 1. The topological polar surface area (TPSA) is 112 Å². The maximum atomic E-state index is 13.2. The third kappa shape index (κ3) is 4.64. The van der Waals surface area contributed by atoms with Crippen molar-refractivity contribution in [2.45, 2.75) is 14.4 Å². The molecule has 8 nitrogen and oxygen atoms in total. The summed E-state index contributed by atoms with van der Waals surface area (Å²) in [7, 11) is -5.19. The van der Waals surface area contributed by atoms with Crippen LogP contribution < -0.4 is 14.2 Å². The number of sulfone groups is 1. The summed E-state index contributed by atoms with van der Waals surface area (Å²) in [4.78, 5) is 3.83. The molecule has 3 aromatic rings. The van der Waals surface area contributed by atoms with Gasteiger partial charge in [0, 0.05) is 25.0 Å². The van der Waals surface area contributed by atoms with Crippen molar-refractivity contribution < 1.29 is 26.3 Å². The van der Waals surface area contributed by atoms with Gasteiger partial charge < -0.3 is 9.47 Å². The van der Waals surface area contributed by atoms with Crippen molar-refractivity contribution in [3.05, 3.63) is 65.8 Å². The first-order valence-corrected chi connectivity index (χ1v) is 12.6. The van der Waals surface area contributed by atoms with Crippen LogP contribution in [0.5, 0.6) is 11.5 Å². The second-order valence-electron chi connectivity index (χ2n) is 6.12. The van der Waals surface area contributed by atoms with Crippen molar-refractivity contribution in [1.29, 1.82) is 0 Å². The highest BCUT2D eigenvalue weighted by molar-refractivity contribution is 7.93. The number of pyridine rings is 1. The fourth-order valence-electron chi connectivity index (χ4n) is 2.80. The van der Waals surface area contributed by atoms with Gasteiger partial charge in [-0.3, -0.25) is 4.98 Å². The quantitative estimate of drug-likeness (QED) is 0.514. The van der Waals surface area contributed by atoms with Gasteiger partial charge in [0.05, 0.1) is 14.2 Å². The van der Waals surface area contributed by atoms with E-state index >= 15 is 0 Å². The Hall–Kier alpha value is -2.47. The smallest absolute Gasteiger partial charge is 0.244 e. The monoisotopic (exact) mass is 468 g/mol. The van der Waals surface area contributed by atoms with E-state index in [1.165, 1.54) is 44.8 Å². The van der Waals surface area contributed by atoms with Crippen molar-refractivity contribution >= 4 is 31.2 Å². The largest absolute Gasteiger partial charge is 0.497 e. The number of benzene rings is 1. The average Bonchev–Trinajstić information content (AvgIpc) is 3.30. The first-order valence-electron chi connectivity index (χ1n) is 8.68. The summed E-state index contributed by atoms with van der Waals surface area (Å²) in [6.45, 7) is -0.380. The lowest BCUT2D eigenvalue weighted by molar-refractivity contribution is 0.392. The minimum Gasteiger partial charge on any atom is -0.497 e. The number of hydrogen-bond acceptors (Lipinski definition) is 8. The van der Waals surface area contributed by atoms with Crippen LogP contribution in [-0.2, 0) is 19.9 Å². The molecule has 1 aromatic carbocycles. The number of nitrogens with zero attached hydrogens (tertiary/aromatic N) is 1. The number of ether oxygens (including phenoxy) is 2. The van der Waals surface area contributed by atoms with Gasteiger partial charge in [-0.15, -0.1) is 11.3 Å². The van der Waals surface area contributed by atoms with E-state index in [0.29, 0.717) is 11.3 Å². The van der Waals surface area contributed by atoms with Gasteiger partial charge in [-0.1, -0.05) is 12.1 Å². The van der Waals surface area contributed by atoms with Crippen LogP contribution in [0.1, 0.15) is 10.8 Å². The van der Waals surface area contributed by atoms with E-state index in [1.807, 2.05) is 0 Å². The first-order chi connectivity index (χ1) is 14.3. The maximum absolute atomic E-state index is 13.2. The Bertz CT molecular complexity index is 1190. The minimum atomic E-state index is -4.10. The molecule has 0 amide bonds. The summed E-state index contributed by atoms with van der Waals surface area (Å²) < 4.78 is 65.1. The van der Waals surface area contributed by atoms with Gasteiger partial charge in [0.2, 0.25) is 10.0 Å². The van der Waals surface area contributed by atoms with Gasteiger partial charge in [0.15, 0.2) is 9.84 Å². The standard InChI is InChI=1S/C19H20N2O6S3/c1-26-15-7-8-16(27-2)17(11-15)30(24,25)21-13-18(14-5-3-9-20-12-14)29(22,23)19-6-4-10-28-19/h3-12,18,21H,13H2,1-2H3. The normalized spacial score (nSPS) is 13.0. The number of thiophene rings is 1. The molecule has 2 aromatic heterocycles. The molecule has 1 N–H and O–H groups in total. The second kappa shape index (κ2) is 9.13. The number of rotatable bonds is 9. The Morgan fingerprint density at radius 2 is 1.87 bits per heavy atom. The van der Waals surface area contributed by atoms with Crippen molar-refractivity contribution in [1.82, 2.24) is 9.71 Å². The molecule has 160 valence electrons. The maximum Gasteiger partial charge on any atom is 0.244 e. The average molecular weight is 469 g/mol. The lowest BCUT2D eigenvalue weighted by Crippen LogP contribution is -2.32. The van der Waals surface area contributed by atoms with Crippen molar-refractivity contribution in [3.63, 3.8) is 0 Å². The molecule has 11 heteroatoms. The Balaban J connectivity index is 1.97. The van der Waals surface area contributed by atoms with Crippen molar-refractivity contribution in [3.8, 4) is 11.5 Å². The Kier molecular flexibility index (Phi) is 6.76. The van der Waals surface area contributed by atoms with Crippen LogP contribution in [0.4, 0.5) is 0 Å². The van der Waals surface area contributed by atoms with Gasteiger partial charge in [-0.25, -0.2) is 21.6 Å². The number of nitrogens with one attached hydrogen (secondary N) is 1. The molecule has 0 radical (unpaired) electrons. The fraction of sp³-hybridized carbons (Fsp3) is 0.211. The summed E-state index contributed by atoms with van der Waals surface area (Å²) in [6, 6.07) is 10.7. The zero-order valence-electron chi connectivity index (χ0n) is 16.2. The molecule has 1 unspecified atom stereocenters. The van der Waals surface area contributed by atoms with E-state index in [2.05, 4.69) is 9.71 Å². The lowest BCUT2D eigenvalue weighted by Gasteiger charge is -2.18. The first kappa shape index (κ1) is 22.2. The van der Waals surface area contributed by atoms with Gasteiger partial charge in [0.25, 0.3) is 0 Å². The van der Waals surface area contributed by atoms with Crippen LogP contribution in [0, 0.1) is 0 Å². The van der Waals surface area contributed by atoms with E-state index in [9.17, 15) is 16.8 Å². The predicted octanol–water partition coefficient (Wildman–Crippen LogP) is 2.65. The third-order valence-electron chi connectivity index (χ3n) is 4.33. The lowest BCUT2D eigenvalue weighted by atomic mass is 10.2. The van der Waals surface area contributed by atoms with Crippen molar-refractivity contribution in [2.75, 3.05) is 20.8 Å². The van der Waals surface area contributed by atoms with Gasteiger partial charge >= 0.3 is 0 Å². The number of hydrogen-bond donors (Lipinski definition) is 1. The van der Waals surface area contributed by atoms with Gasteiger partial charge in [-0.2, -0.15) is 0 Å². The molecule has 0 saturated heterocycles. The van der Waals surface area contributed by atoms with Crippen LogP contribution in [-0.4, -0.2) is 42.6 Å². The highest BCUT2D eigenvalue weighted by atomic mass is 32.2. The summed E-state index contributed by atoms with van der Waals surface area (Å²) in [6.07, 6.45) is 2.93. The predicted molar refractivity (Wildman–Crippen MR) is 113 cm³/mol. The van der Waals surface area contributed by atoms with Crippen LogP contribution in [0.3, 0.4) is 0 Å². The van der Waals surface area contributed by atoms with E-state index in [4.69, 9.17) is 9.47 Å². The summed E-state index contributed by atoms with van der Waals surface area (Å²) in [5.74, 6) is 0.438. The van der Waals surface area contributed by atoms with Gasteiger partial charge in [-0.05, 0) is 35.2 Å². The molecule has 0 saturated carbocycles. The molecule has 0 bridgehead atoms. The summed E-state index contributed by atoms with van der Waals surface area (Å²) >= 11 is 1.07. The molecule has 2 heterocycles. The number of methoxy groups -OCH3 is 2. The number of aromatic nitrogens is 1. The third-order valence-corrected chi connectivity index (χ3v) is 9.30. The Labute approximate surface area is 179 Å². The molecule has 0 spiro atoms. The molecule has 3 rings (SSSR count). The second-order valence-corrected chi connectivity index (χ2v) is 11.2. The van der Waals surface area contributed by atoms with E-state index in [0.717, 1.165) is 11.3 Å². The molecular weight excluding hydrogens is 448 g/mol. The zero-order chi connectivity index (χ0) is 21.8. The Morgan fingerprint density at radius 1 is 1.07 bits per heavy atom. The molecular formula is C19H20N2O6S3. The highest BCUT2D eigenvalue weighted by Gasteiger charge is 2.32. The Morgan fingerprint density at radius 3 is 2.47 bits per heavy atom. The van der Waals surface area contributed by atoms with Gasteiger partial charge in [0.1, 0.15) is 25.9 Å². The van der Waals surface area contributed by atoms with Crippen LogP contribution >= 0.6 is 11.3 Å². The zero-order valence-corrected chi connectivity index (χ0v) is 18.6. The van der Waals surface area contributed by atoms with E-state index in [-0.39, 0.29) is 21.4 Å². The molecule has 0 fully saturated rings.